The molecule has 1 saturated heterocycles. The Balaban J connectivity index is 0.000000847. The Hall–Kier alpha value is -1.95. The minimum absolute atomic E-state index is 0.159. The predicted molar refractivity (Wildman–Crippen MR) is 87.7 cm³/mol. The molecule has 0 spiro atoms. The highest BCUT2D eigenvalue weighted by Gasteiger charge is 2.19. The molecule has 1 amide bonds. The van der Waals surface area contributed by atoms with Crippen LogP contribution < -0.4 is 0 Å². The van der Waals surface area contributed by atoms with Crippen molar-refractivity contribution in [1.82, 2.24) is 24.3 Å². The van der Waals surface area contributed by atoms with Gasteiger partial charge in [0.05, 0.1) is 0 Å². The van der Waals surface area contributed by atoms with E-state index in [4.69, 9.17) is 0 Å². The number of aryl methyl sites for hydroxylation is 1. The Morgan fingerprint density at radius 2 is 1.91 bits per heavy atom. The topological polar surface area (TPSA) is 54.3 Å². The minimum Gasteiger partial charge on any atom is -0.339 e. The second-order valence-corrected chi connectivity index (χ2v) is 5.32. The molecule has 0 saturated carbocycles. The van der Waals surface area contributed by atoms with Gasteiger partial charge in [-0.15, -0.1) is 0 Å². The van der Waals surface area contributed by atoms with E-state index in [2.05, 4.69) is 21.9 Å². The number of fused-ring (bicyclic) bond motifs is 1. The monoisotopic (exact) mass is 303 g/mol. The molecule has 22 heavy (non-hydrogen) atoms. The van der Waals surface area contributed by atoms with Crippen LogP contribution in [0.25, 0.3) is 11.0 Å². The summed E-state index contributed by atoms with van der Waals surface area (Å²) in [4.78, 5) is 25.1. The lowest BCUT2D eigenvalue weighted by atomic mass is 10.3. The summed E-state index contributed by atoms with van der Waals surface area (Å²) in [6.07, 6.45) is 3.71. The van der Waals surface area contributed by atoms with Gasteiger partial charge >= 0.3 is 0 Å². The zero-order valence-electron chi connectivity index (χ0n) is 13.9. The third-order valence-electron chi connectivity index (χ3n) is 3.78. The van der Waals surface area contributed by atoms with Crippen LogP contribution in [0.15, 0.2) is 18.5 Å². The summed E-state index contributed by atoms with van der Waals surface area (Å²) in [7, 11) is 2.08. The molecule has 3 heterocycles. The molecule has 0 radical (unpaired) electrons. The Morgan fingerprint density at radius 1 is 1.23 bits per heavy atom. The SMILES string of the molecule is CC.Cc1ncc2ccn(CC(=O)N3CCN(C)CC3)c2n1. The first-order valence-corrected chi connectivity index (χ1v) is 7.88. The molecular formula is C16H25N5O. The Morgan fingerprint density at radius 3 is 2.59 bits per heavy atom. The third-order valence-corrected chi connectivity index (χ3v) is 3.78. The summed E-state index contributed by atoms with van der Waals surface area (Å²) in [5.41, 5.74) is 0.833. The van der Waals surface area contributed by atoms with Crippen LogP contribution in [0.1, 0.15) is 19.7 Å². The van der Waals surface area contributed by atoms with Crippen LogP contribution in [0.3, 0.4) is 0 Å². The average molecular weight is 303 g/mol. The van der Waals surface area contributed by atoms with E-state index in [1.54, 1.807) is 6.20 Å². The first kappa shape index (κ1) is 16.4. The molecule has 6 heteroatoms. The fourth-order valence-electron chi connectivity index (χ4n) is 2.49. The molecule has 0 atom stereocenters. The number of carbonyl (C=O) groups excluding carboxylic acids is 1. The summed E-state index contributed by atoms with van der Waals surface area (Å²) >= 11 is 0. The number of hydrogen-bond acceptors (Lipinski definition) is 4. The highest BCUT2D eigenvalue weighted by molar-refractivity contribution is 5.80. The maximum Gasteiger partial charge on any atom is 0.242 e. The Kier molecular flexibility index (Phi) is 5.49. The van der Waals surface area contributed by atoms with E-state index in [0.29, 0.717) is 6.54 Å². The Labute approximate surface area is 131 Å². The highest BCUT2D eigenvalue weighted by atomic mass is 16.2. The lowest BCUT2D eigenvalue weighted by Gasteiger charge is -2.32. The van der Waals surface area contributed by atoms with E-state index in [1.807, 2.05) is 42.5 Å². The molecule has 0 bridgehead atoms. The van der Waals surface area contributed by atoms with Crippen LogP contribution in [0, 0.1) is 6.92 Å². The van der Waals surface area contributed by atoms with E-state index < -0.39 is 0 Å². The minimum atomic E-state index is 0.159. The fraction of sp³-hybridized carbons (Fsp3) is 0.562. The summed E-state index contributed by atoms with van der Waals surface area (Å²) in [5, 5.41) is 0.974. The molecule has 0 unspecified atom stereocenters. The second kappa shape index (κ2) is 7.35. The van der Waals surface area contributed by atoms with Crippen molar-refractivity contribution < 1.29 is 4.79 Å². The molecule has 2 aromatic rings. The molecule has 120 valence electrons. The van der Waals surface area contributed by atoms with Gasteiger partial charge in [0.25, 0.3) is 0 Å². The third kappa shape index (κ3) is 3.62. The van der Waals surface area contributed by atoms with Crippen molar-refractivity contribution >= 4 is 16.9 Å². The average Bonchev–Trinajstić information content (AvgIpc) is 2.92. The van der Waals surface area contributed by atoms with Gasteiger partial charge in [-0.3, -0.25) is 4.79 Å². The molecule has 3 rings (SSSR count). The molecule has 0 N–H and O–H groups in total. The van der Waals surface area contributed by atoms with Crippen molar-refractivity contribution in [3.63, 3.8) is 0 Å². The van der Waals surface area contributed by atoms with E-state index in [-0.39, 0.29) is 5.91 Å². The number of piperazine rings is 1. The molecule has 1 fully saturated rings. The standard InChI is InChI=1S/C14H19N5O.C2H6/c1-11-15-9-12-3-4-19(14(12)16-11)10-13(20)18-7-5-17(2)6-8-18;1-2/h3-4,9H,5-8,10H2,1-2H3;1-2H3. The lowest BCUT2D eigenvalue weighted by molar-refractivity contribution is -0.133. The summed E-state index contributed by atoms with van der Waals surface area (Å²) in [6.45, 7) is 9.72. The van der Waals surface area contributed by atoms with Gasteiger partial charge in [0, 0.05) is 44.0 Å². The smallest absolute Gasteiger partial charge is 0.242 e. The van der Waals surface area contributed by atoms with Gasteiger partial charge in [0.15, 0.2) is 0 Å². The number of amides is 1. The van der Waals surface area contributed by atoms with Gasteiger partial charge in [0.2, 0.25) is 5.91 Å². The summed E-state index contributed by atoms with van der Waals surface area (Å²) < 4.78 is 1.91. The van der Waals surface area contributed by atoms with Crippen molar-refractivity contribution in [1.29, 1.82) is 0 Å². The van der Waals surface area contributed by atoms with Crippen LogP contribution >= 0.6 is 0 Å². The van der Waals surface area contributed by atoms with Gasteiger partial charge in [0.1, 0.15) is 18.0 Å². The molecule has 1 aliphatic heterocycles. The van der Waals surface area contributed by atoms with Gasteiger partial charge < -0.3 is 14.4 Å². The van der Waals surface area contributed by atoms with E-state index >= 15 is 0 Å². The highest BCUT2D eigenvalue weighted by Crippen LogP contribution is 2.13. The predicted octanol–water partition coefficient (Wildman–Crippen LogP) is 1.54. The second-order valence-electron chi connectivity index (χ2n) is 5.32. The maximum atomic E-state index is 12.3. The summed E-state index contributed by atoms with van der Waals surface area (Å²) in [6, 6.07) is 1.95. The van der Waals surface area contributed by atoms with Gasteiger partial charge in [-0.2, -0.15) is 0 Å². The quantitative estimate of drug-likeness (QED) is 0.844. The Bertz CT molecular complexity index is 628. The first-order chi connectivity index (χ1) is 10.6. The maximum absolute atomic E-state index is 12.3. The lowest BCUT2D eigenvalue weighted by Crippen LogP contribution is -2.48. The van der Waals surface area contributed by atoms with Crippen molar-refractivity contribution in [2.24, 2.45) is 0 Å². The molecule has 1 aliphatic rings. The number of rotatable bonds is 2. The van der Waals surface area contributed by atoms with Crippen LogP contribution in [-0.4, -0.2) is 63.5 Å². The van der Waals surface area contributed by atoms with Crippen molar-refractivity contribution in [2.45, 2.75) is 27.3 Å². The zero-order chi connectivity index (χ0) is 16.1. The van der Waals surface area contributed by atoms with Crippen LogP contribution in [0.4, 0.5) is 0 Å². The fourth-order valence-corrected chi connectivity index (χ4v) is 2.49. The number of hydrogen-bond donors (Lipinski definition) is 0. The number of aromatic nitrogens is 3. The number of carbonyl (C=O) groups is 1. The molecule has 6 nitrogen and oxygen atoms in total. The molecule has 2 aromatic heterocycles. The van der Waals surface area contributed by atoms with E-state index in [9.17, 15) is 4.79 Å². The van der Waals surface area contributed by atoms with Crippen molar-refractivity contribution in [3.8, 4) is 0 Å². The van der Waals surface area contributed by atoms with E-state index in [0.717, 1.165) is 43.0 Å². The molecule has 0 aromatic carbocycles. The van der Waals surface area contributed by atoms with Crippen LogP contribution in [0.5, 0.6) is 0 Å². The largest absolute Gasteiger partial charge is 0.339 e. The molecule has 0 aliphatic carbocycles. The van der Waals surface area contributed by atoms with Gasteiger partial charge in [-0.1, -0.05) is 13.8 Å². The zero-order valence-corrected chi connectivity index (χ0v) is 13.9. The molecular weight excluding hydrogens is 278 g/mol. The van der Waals surface area contributed by atoms with Crippen molar-refractivity contribution in [2.75, 3.05) is 33.2 Å². The van der Waals surface area contributed by atoms with E-state index in [1.165, 1.54) is 0 Å². The summed E-state index contributed by atoms with van der Waals surface area (Å²) in [5.74, 6) is 0.886. The van der Waals surface area contributed by atoms with Gasteiger partial charge in [-0.05, 0) is 20.0 Å². The first-order valence-electron chi connectivity index (χ1n) is 7.88. The number of nitrogens with zero attached hydrogens (tertiary/aromatic N) is 5. The van der Waals surface area contributed by atoms with Crippen LogP contribution in [-0.2, 0) is 11.3 Å². The number of likely N-dealkylation sites (N-methyl/N-ethyl adjacent to an activating group) is 1. The normalized spacial score (nSPS) is 15.5. The van der Waals surface area contributed by atoms with Crippen LogP contribution in [0.2, 0.25) is 0 Å². The van der Waals surface area contributed by atoms with Gasteiger partial charge in [-0.25, -0.2) is 9.97 Å². The van der Waals surface area contributed by atoms with Crippen molar-refractivity contribution in [3.05, 3.63) is 24.3 Å².